The van der Waals surface area contributed by atoms with Gasteiger partial charge in [0.15, 0.2) is 23.3 Å². The normalized spacial score (nSPS) is 13.2. The highest BCUT2D eigenvalue weighted by Crippen LogP contribution is 2.40. The van der Waals surface area contributed by atoms with Crippen molar-refractivity contribution in [3.63, 3.8) is 0 Å². The van der Waals surface area contributed by atoms with Gasteiger partial charge >= 0.3 is 0 Å². The molecule has 0 fully saturated rings. The van der Waals surface area contributed by atoms with E-state index in [9.17, 15) is 0 Å². The molecule has 9 heteroatoms. The average Bonchev–Trinajstić information content (AvgIpc) is 3.47. The smallest absolute Gasteiger partial charge is 0.200 e. The molecule has 0 spiro atoms. The first-order valence-electron chi connectivity index (χ1n) is 9.44. The van der Waals surface area contributed by atoms with Crippen molar-refractivity contribution < 1.29 is 4.74 Å². The molecule has 1 aliphatic rings. The zero-order chi connectivity index (χ0) is 20.2. The maximum Gasteiger partial charge on any atom is 0.200 e. The van der Waals surface area contributed by atoms with E-state index in [0.717, 1.165) is 49.2 Å². The maximum absolute atomic E-state index is 5.89. The summed E-state index contributed by atoms with van der Waals surface area (Å²) >= 11 is 1.57. The van der Waals surface area contributed by atoms with Crippen LogP contribution in [0.3, 0.4) is 0 Å². The third-order valence-electron chi connectivity index (χ3n) is 5.20. The molecule has 0 aliphatic carbocycles. The van der Waals surface area contributed by atoms with Crippen LogP contribution in [-0.2, 0) is 7.05 Å². The summed E-state index contributed by atoms with van der Waals surface area (Å²) in [4.78, 5) is 7.67. The molecule has 1 aliphatic heterocycles. The van der Waals surface area contributed by atoms with E-state index in [4.69, 9.17) is 4.74 Å². The molecule has 148 valence electrons. The van der Waals surface area contributed by atoms with Gasteiger partial charge < -0.3 is 9.64 Å². The number of hydrogen-bond donors (Lipinski definition) is 0. The van der Waals surface area contributed by atoms with Gasteiger partial charge in [0.05, 0.1) is 17.9 Å². The highest BCUT2D eigenvalue weighted by molar-refractivity contribution is 7.99. The van der Waals surface area contributed by atoms with Gasteiger partial charge in [0.1, 0.15) is 5.69 Å². The summed E-state index contributed by atoms with van der Waals surface area (Å²) in [6, 6.07) is 10.2. The van der Waals surface area contributed by atoms with Crippen LogP contribution in [0.5, 0.6) is 5.75 Å². The van der Waals surface area contributed by atoms with Gasteiger partial charge in [-0.3, -0.25) is 14.1 Å². The van der Waals surface area contributed by atoms with Gasteiger partial charge in [-0.1, -0.05) is 0 Å². The quantitative estimate of drug-likeness (QED) is 0.446. The van der Waals surface area contributed by atoms with Crippen LogP contribution in [0.2, 0.25) is 0 Å². The van der Waals surface area contributed by atoms with Crippen LogP contribution >= 0.6 is 11.8 Å². The lowest BCUT2D eigenvalue weighted by molar-refractivity contribution is 0.356. The Morgan fingerprint density at radius 1 is 1.00 bits per heavy atom. The fraction of sp³-hybridized carbons (Fsp3) is 0.143. The van der Waals surface area contributed by atoms with Crippen molar-refractivity contribution in [1.82, 2.24) is 29.4 Å². The highest BCUT2D eigenvalue weighted by atomic mass is 32.2. The van der Waals surface area contributed by atoms with Crippen LogP contribution < -0.4 is 9.64 Å². The molecule has 6 rings (SSSR count). The van der Waals surface area contributed by atoms with Crippen LogP contribution in [0.15, 0.2) is 65.2 Å². The number of aryl methyl sites for hydroxylation is 1. The van der Waals surface area contributed by atoms with Gasteiger partial charge in [0, 0.05) is 47.9 Å². The average molecular weight is 415 g/mol. The topological polar surface area (TPSA) is 73.4 Å². The molecular weight excluding hydrogens is 398 g/mol. The van der Waals surface area contributed by atoms with Crippen LogP contribution in [-0.4, -0.2) is 43.1 Å². The molecule has 0 bridgehead atoms. The summed E-state index contributed by atoms with van der Waals surface area (Å²) in [7, 11) is 3.91. The molecule has 5 heterocycles. The molecule has 0 N–H and O–H groups in total. The molecule has 4 aromatic heterocycles. The van der Waals surface area contributed by atoms with Crippen LogP contribution in [0, 0.1) is 0 Å². The van der Waals surface area contributed by atoms with E-state index < -0.39 is 0 Å². The standard InChI is InChI=1S/C21H17N7OS/c1-26-12-29-20-16-7-15(4-5-17(16)22-9-18(20)26)30-21-25-24-19-6-3-13(11-28(19)21)14-8-23-27(2)10-14/h3-11H,12H2,1-2H3. The van der Waals surface area contributed by atoms with Crippen molar-refractivity contribution in [2.45, 2.75) is 10.1 Å². The van der Waals surface area contributed by atoms with E-state index >= 15 is 0 Å². The minimum Gasteiger partial charge on any atom is -0.470 e. The van der Waals surface area contributed by atoms with Crippen molar-refractivity contribution >= 4 is 34.0 Å². The van der Waals surface area contributed by atoms with E-state index in [1.807, 2.05) is 66.4 Å². The number of ether oxygens (including phenoxy) is 1. The zero-order valence-electron chi connectivity index (χ0n) is 16.4. The first kappa shape index (κ1) is 17.3. The van der Waals surface area contributed by atoms with Crippen LogP contribution in [0.4, 0.5) is 5.69 Å². The number of aromatic nitrogens is 6. The Balaban J connectivity index is 1.41. The summed E-state index contributed by atoms with van der Waals surface area (Å²) in [5.41, 5.74) is 4.85. The van der Waals surface area contributed by atoms with E-state index in [-0.39, 0.29) is 0 Å². The summed E-state index contributed by atoms with van der Waals surface area (Å²) in [6.07, 6.45) is 7.76. The van der Waals surface area contributed by atoms with Crippen LogP contribution in [0.25, 0.3) is 27.7 Å². The summed E-state index contributed by atoms with van der Waals surface area (Å²) in [5.74, 6) is 0.884. The first-order chi connectivity index (χ1) is 14.7. The Morgan fingerprint density at radius 3 is 2.80 bits per heavy atom. The van der Waals surface area contributed by atoms with Crippen molar-refractivity contribution in [1.29, 1.82) is 0 Å². The largest absolute Gasteiger partial charge is 0.470 e. The fourth-order valence-corrected chi connectivity index (χ4v) is 4.49. The molecule has 0 amide bonds. The SMILES string of the molecule is CN1COc2c1cnc1ccc(Sc3nnc4ccc(-c5cnn(C)c5)cn34)cc21. The minimum absolute atomic E-state index is 0.541. The lowest BCUT2D eigenvalue weighted by Gasteiger charge is -2.08. The Morgan fingerprint density at radius 2 is 1.93 bits per heavy atom. The molecule has 0 radical (unpaired) electrons. The number of fused-ring (bicyclic) bond motifs is 4. The van der Waals surface area contributed by atoms with Crippen molar-refractivity contribution in [2.24, 2.45) is 7.05 Å². The summed E-state index contributed by atoms with van der Waals surface area (Å²) < 4.78 is 9.69. The highest BCUT2D eigenvalue weighted by Gasteiger charge is 2.21. The summed E-state index contributed by atoms with van der Waals surface area (Å²) in [6.45, 7) is 0.541. The predicted octanol–water partition coefficient (Wildman–Crippen LogP) is 3.62. The van der Waals surface area contributed by atoms with Crippen molar-refractivity contribution in [3.8, 4) is 16.9 Å². The second-order valence-corrected chi connectivity index (χ2v) is 8.30. The molecule has 1 aromatic carbocycles. The van der Waals surface area contributed by atoms with Gasteiger partial charge in [-0.05, 0) is 42.1 Å². The van der Waals surface area contributed by atoms with Gasteiger partial charge in [0.2, 0.25) is 0 Å². The molecular formula is C21H17N7OS. The van der Waals surface area contributed by atoms with Gasteiger partial charge in [-0.25, -0.2) is 0 Å². The molecule has 0 saturated heterocycles. The molecule has 0 saturated carbocycles. The predicted molar refractivity (Wildman–Crippen MR) is 115 cm³/mol. The maximum atomic E-state index is 5.89. The zero-order valence-corrected chi connectivity index (χ0v) is 17.2. The molecule has 5 aromatic rings. The lowest BCUT2D eigenvalue weighted by Crippen LogP contribution is -2.14. The third-order valence-corrected chi connectivity index (χ3v) is 6.15. The van der Waals surface area contributed by atoms with E-state index in [0.29, 0.717) is 6.73 Å². The second kappa shape index (κ2) is 6.46. The van der Waals surface area contributed by atoms with E-state index in [1.54, 1.807) is 16.4 Å². The Labute approximate surface area is 176 Å². The molecule has 30 heavy (non-hydrogen) atoms. The lowest BCUT2D eigenvalue weighted by atomic mass is 10.2. The number of hydrogen-bond acceptors (Lipinski definition) is 7. The van der Waals surface area contributed by atoms with Gasteiger partial charge in [0.25, 0.3) is 0 Å². The first-order valence-corrected chi connectivity index (χ1v) is 10.3. The Kier molecular flexibility index (Phi) is 3.72. The monoisotopic (exact) mass is 415 g/mol. The fourth-order valence-electron chi connectivity index (χ4n) is 3.64. The Hall–Kier alpha value is -3.59. The van der Waals surface area contributed by atoms with Crippen LogP contribution in [0.1, 0.15) is 0 Å². The number of rotatable bonds is 3. The van der Waals surface area contributed by atoms with E-state index in [1.165, 1.54) is 0 Å². The number of anilines is 1. The van der Waals surface area contributed by atoms with Crippen molar-refractivity contribution in [2.75, 3.05) is 18.7 Å². The minimum atomic E-state index is 0.541. The molecule has 8 nitrogen and oxygen atoms in total. The Bertz CT molecular complexity index is 1420. The van der Waals surface area contributed by atoms with Gasteiger partial charge in [-0.15, -0.1) is 10.2 Å². The number of pyridine rings is 2. The number of benzene rings is 1. The third kappa shape index (κ3) is 2.70. The van der Waals surface area contributed by atoms with E-state index in [2.05, 4.69) is 32.4 Å². The summed E-state index contributed by atoms with van der Waals surface area (Å²) in [5, 5.41) is 14.8. The van der Waals surface area contributed by atoms with Gasteiger partial charge in [-0.2, -0.15) is 5.10 Å². The molecule has 0 unspecified atom stereocenters. The van der Waals surface area contributed by atoms with Crippen molar-refractivity contribution in [3.05, 3.63) is 55.1 Å². The number of nitrogens with zero attached hydrogens (tertiary/aromatic N) is 7. The molecule has 0 atom stereocenters. The second-order valence-electron chi connectivity index (χ2n) is 7.26.